The summed E-state index contributed by atoms with van der Waals surface area (Å²) in [5.74, 6) is 0. The molecule has 106 valence electrons. The summed E-state index contributed by atoms with van der Waals surface area (Å²) in [7, 11) is -1.64. The molecule has 1 aliphatic rings. The van der Waals surface area contributed by atoms with Gasteiger partial charge in [-0.05, 0) is 18.5 Å². The van der Waals surface area contributed by atoms with Gasteiger partial charge in [-0.2, -0.15) is 0 Å². The summed E-state index contributed by atoms with van der Waals surface area (Å²) in [6, 6.07) is 9.28. The summed E-state index contributed by atoms with van der Waals surface area (Å²) < 4.78 is 25.7. The molecule has 1 aromatic heterocycles. The fraction of sp³-hybridized carbons (Fsp3) is 0.357. The molecule has 0 saturated carbocycles. The largest absolute Gasteiger partial charge is 0.313 e. The zero-order valence-corrected chi connectivity index (χ0v) is 12.1. The van der Waals surface area contributed by atoms with Crippen molar-refractivity contribution in [2.75, 3.05) is 26.7 Å². The van der Waals surface area contributed by atoms with Gasteiger partial charge in [-0.15, -0.1) is 0 Å². The van der Waals surface area contributed by atoms with E-state index in [1.165, 1.54) is 0 Å². The summed E-state index contributed by atoms with van der Waals surface area (Å²) in [5, 5.41) is 4.34. The third kappa shape index (κ3) is 2.19. The monoisotopic (exact) mass is 291 g/mol. The number of sulfone groups is 1. The van der Waals surface area contributed by atoms with Crippen LogP contribution in [0.4, 0.5) is 0 Å². The van der Waals surface area contributed by atoms with Crippen LogP contribution in [0.3, 0.4) is 0 Å². The zero-order valence-electron chi connectivity index (χ0n) is 11.3. The van der Waals surface area contributed by atoms with E-state index < -0.39 is 15.2 Å². The van der Waals surface area contributed by atoms with Crippen LogP contribution in [0, 0.1) is 0 Å². The van der Waals surface area contributed by atoms with Crippen molar-refractivity contribution in [2.45, 2.75) is 10.4 Å². The Balaban J connectivity index is 2.14. The van der Waals surface area contributed by atoms with Crippen LogP contribution in [-0.4, -0.2) is 50.4 Å². The molecular weight excluding hydrogens is 274 g/mol. The van der Waals surface area contributed by atoms with E-state index in [9.17, 15) is 8.42 Å². The molecule has 1 atom stereocenters. The molecule has 1 fully saturated rings. The lowest BCUT2D eigenvalue weighted by atomic mass is 10.2. The van der Waals surface area contributed by atoms with Gasteiger partial charge in [-0.3, -0.25) is 4.90 Å². The summed E-state index contributed by atoms with van der Waals surface area (Å²) in [4.78, 5) is 6.02. The number of nitrogens with one attached hydrogen (secondary N) is 1. The SMILES string of the molecule is CN1CCNCC1S(=O)(=O)c1nccc2ccccc12. The number of nitrogens with zero attached hydrogens (tertiary/aromatic N) is 2. The van der Waals surface area contributed by atoms with Crippen molar-refractivity contribution < 1.29 is 8.42 Å². The maximum Gasteiger partial charge on any atom is 0.213 e. The van der Waals surface area contributed by atoms with Crippen molar-refractivity contribution >= 4 is 20.6 Å². The number of hydrogen-bond acceptors (Lipinski definition) is 5. The predicted molar refractivity (Wildman–Crippen MR) is 78.2 cm³/mol. The number of likely N-dealkylation sites (N-methyl/N-ethyl adjacent to an activating group) is 1. The van der Waals surface area contributed by atoms with Gasteiger partial charge in [0.1, 0.15) is 5.37 Å². The summed E-state index contributed by atoms with van der Waals surface area (Å²) in [6.07, 6.45) is 1.56. The topological polar surface area (TPSA) is 62.3 Å². The van der Waals surface area contributed by atoms with E-state index in [1.807, 2.05) is 42.3 Å². The number of pyridine rings is 1. The van der Waals surface area contributed by atoms with Crippen LogP contribution in [0.2, 0.25) is 0 Å². The molecule has 20 heavy (non-hydrogen) atoms. The van der Waals surface area contributed by atoms with Gasteiger partial charge < -0.3 is 5.32 Å². The van der Waals surface area contributed by atoms with Crippen LogP contribution in [-0.2, 0) is 9.84 Å². The van der Waals surface area contributed by atoms with Crippen molar-refractivity contribution in [3.8, 4) is 0 Å². The van der Waals surface area contributed by atoms with Gasteiger partial charge in [0.15, 0.2) is 5.03 Å². The average Bonchev–Trinajstić information content (AvgIpc) is 2.47. The highest BCUT2D eigenvalue weighted by atomic mass is 32.2. The Morgan fingerprint density at radius 2 is 2.10 bits per heavy atom. The first-order valence-corrected chi connectivity index (χ1v) is 8.14. The standard InChI is InChI=1S/C14H17N3O2S/c1-17-9-8-15-10-13(17)20(18,19)14-12-5-3-2-4-11(12)6-7-16-14/h2-7,13,15H,8-10H2,1H3. The maximum atomic E-state index is 12.9. The van der Waals surface area contributed by atoms with Crippen LogP contribution in [0.15, 0.2) is 41.6 Å². The Hall–Kier alpha value is -1.50. The molecule has 0 radical (unpaired) electrons. The van der Waals surface area contributed by atoms with Gasteiger partial charge in [-0.1, -0.05) is 24.3 Å². The Bertz CT molecular complexity index is 725. The third-order valence-electron chi connectivity index (χ3n) is 3.72. The normalized spacial score (nSPS) is 21.1. The first-order chi connectivity index (χ1) is 9.60. The number of aromatic nitrogens is 1. The molecule has 2 heterocycles. The first-order valence-electron chi connectivity index (χ1n) is 6.59. The molecule has 0 bridgehead atoms. The summed E-state index contributed by atoms with van der Waals surface area (Å²) >= 11 is 0. The third-order valence-corrected chi connectivity index (χ3v) is 5.82. The number of piperazine rings is 1. The van der Waals surface area contributed by atoms with E-state index in [1.54, 1.807) is 6.20 Å². The van der Waals surface area contributed by atoms with Gasteiger partial charge in [0.2, 0.25) is 9.84 Å². The summed E-state index contributed by atoms with van der Waals surface area (Å²) in [6.45, 7) is 1.96. The highest BCUT2D eigenvalue weighted by Crippen LogP contribution is 2.25. The molecule has 0 spiro atoms. The van der Waals surface area contributed by atoms with Crippen LogP contribution in [0.5, 0.6) is 0 Å². The molecule has 1 saturated heterocycles. The van der Waals surface area contributed by atoms with Gasteiger partial charge in [0, 0.05) is 31.2 Å². The molecular formula is C14H17N3O2S. The van der Waals surface area contributed by atoms with Crippen LogP contribution in [0.25, 0.3) is 10.8 Å². The van der Waals surface area contributed by atoms with Crippen molar-refractivity contribution in [3.05, 3.63) is 36.5 Å². The molecule has 0 amide bonds. The van der Waals surface area contributed by atoms with Crippen molar-refractivity contribution in [1.29, 1.82) is 0 Å². The quantitative estimate of drug-likeness (QED) is 0.889. The minimum atomic E-state index is -3.49. The zero-order chi connectivity index (χ0) is 14.2. The number of hydrogen-bond donors (Lipinski definition) is 1. The predicted octanol–water partition coefficient (Wildman–Crippen LogP) is 0.870. The van der Waals surface area contributed by atoms with Gasteiger partial charge in [0.25, 0.3) is 0 Å². The number of rotatable bonds is 2. The molecule has 1 aliphatic heterocycles. The van der Waals surface area contributed by atoms with E-state index in [2.05, 4.69) is 10.3 Å². The molecule has 1 N–H and O–H groups in total. The van der Waals surface area contributed by atoms with E-state index >= 15 is 0 Å². The molecule has 1 unspecified atom stereocenters. The molecule has 6 heteroatoms. The minimum Gasteiger partial charge on any atom is -0.313 e. The Kier molecular flexibility index (Phi) is 3.45. The Morgan fingerprint density at radius 1 is 1.30 bits per heavy atom. The average molecular weight is 291 g/mol. The fourth-order valence-electron chi connectivity index (χ4n) is 2.57. The van der Waals surface area contributed by atoms with Crippen LogP contribution in [0.1, 0.15) is 0 Å². The molecule has 1 aromatic carbocycles. The van der Waals surface area contributed by atoms with Gasteiger partial charge >= 0.3 is 0 Å². The van der Waals surface area contributed by atoms with Crippen molar-refractivity contribution in [2.24, 2.45) is 0 Å². The highest BCUT2D eigenvalue weighted by Gasteiger charge is 2.34. The molecule has 5 nitrogen and oxygen atoms in total. The fourth-order valence-corrected chi connectivity index (χ4v) is 4.45. The van der Waals surface area contributed by atoms with Crippen LogP contribution >= 0.6 is 0 Å². The summed E-state index contributed by atoms with van der Waals surface area (Å²) in [5.41, 5.74) is 0. The Morgan fingerprint density at radius 3 is 2.90 bits per heavy atom. The maximum absolute atomic E-state index is 12.9. The van der Waals surface area contributed by atoms with E-state index in [-0.39, 0.29) is 5.03 Å². The second kappa shape index (κ2) is 5.12. The van der Waals surface area contributed by atoms with Crippen molar-refractivity contribution in [1.82, 2.24) is 15.2 Å². The number of fused-ring (bicyclic) bond motifs is 1. The van der Waals surface area contributed by atoms with Crippen molar-refractivity contribution in [3.63, 3.8) is 0 Å². The van der Waals surface area contributed by atoms with E-state index in [4.69, 9.17) is 0 Å². The van der Waals surface area contributed by atoms with E-state index in [0.717, 1.165) is 11.9 Å². The highest BCUT2D eigenvalue weighted by molar-refractivity contribution is 7.92. The molecule has 3 rings (SSSR count). The Labute approximate surface area is 118 Å². The van der Waals surface area contributed by atoms with Gasteiger partial charge in [-0.25, -0.2) is 13.4 Å². The first kappa shape index (κ1) is 13.5. The molecule has 0 aliphatic carbocycles. The lowest BCUT2D eigenvalue weighted by molar-refractivity contribution is 0.255. The van der Waals surface area contributed by atoms with Crippen LogP contribution < -0.4 is 5.32 Å². The minimum absolute atomic E-state index is 0.177. The molecule has 2 aromatic rings. The lowest BCUT2D eigenvalue weighted by Crippen LogP contribution is -2.53. The van der Waals surface area contributed by atoms with Gasteiger partial charge in [0.05, 0.1) is 0 Å². The second-order valence-corrected chi connectivity index (χ2v) is 7.04. The smallest absolute Gasteiger partial charge is 0.213 e. The lowest BCUT2D eigenvalue weighted by Gasteiger charge is -2.32. The van der Waals surface area contributed by atoms with E-state index in [0.29, 0.717) is 18.5 Å². The second-order valence-electron chi connectivity index (χ2n) is 5.02. The number of benzene rings is 1.